The van der Waals surface area contributed by atoms with E-state index < -0.39 is 5.91 Å². The molecule has 7 nitrogen and oxygen atoms in total. The van der Waals surface area contributed by atoms with Crippen LogP contribution in [-0.4, -0.2) is 34.2 Å². The van der Waals surface area contributed by atoms with Crippen LogP contribution in [0.25, 0.3) is 6.08 Å². The number of para-hydroxylation sites is 1. The number of carbonyl (C=O) groups excluding carboxylic acids is 1. The zero-order valence-electron chi connectivity index (χ0n) is 11.8. The van der Waals surface area contributed by atoms with Crippen molar-refractivity contribution in [2.24, 2.45) is 0 Å². The van der Waals surface area contributed by atoms with Gasteiger partial charge in [-0.1, -0.05) is 18.2 Å². The molecule has 0 fully saturated rings. The molecule has 1 aromatic heterocycles. The highest BCUT2D eigenvalue weighted by atomic mass is 16.5. The van der Waals surface area contributed by atoms with Gasteiger partial charge in [0.25, 0.3) is 5.91 Å². The number of aromatic nitrogens is 2. The Hall–Kier alpha value is -2.93. The summed E-state index contributed by atoms with van der Waals surface area (Å²) in [6.07, 6.45) is 5.69. The average Bonchev–Trinajstić information content (AvgIpc) is 2.58. The third-order valence-corrected chi connectivity index (χ3v) is 2.59. The highest BCUT2D eigenvalue weighted by Crippen LogP contribution is 2.08. The first-order valence-corrected chi connectivity index (χ1v) is 6.64. The van der Waals surface area contributed by atoms with Gasteiger partial charge in [0.1, 0.15) is 18.2 Å². The molecule has 0 atom stereocenters. The SMILES string of the molecule is O=C(/C=C/c1cncc(NCCOc2ccccc2)n1)NO. The molecule has 1 amide bonds. The molecule has 1 heterocycles. The van der Waals surface area contributed by atoms with Gasteiger partial charge in [-0.05, 0) is 18.2 Å². The Morgan fingerprint density at radius 1 is 1.27 bits per heavy atom. The minimum atomic E-state index is -0.628. The van der Waals surface area contributed by atoms with E-state index in [0.717, 1.165) is 11.8 Å². The Balaban J connectivity index is 1.80. The van der Waals surface area contributed by atoms with Gasteiger partial charge in [-0.2, -0.15) is 0 Å². The molecule has 0 bridgehead atoms. The van der Waals surface area contributed by atoms with Crippen LogP contribution in [0.5, 0.6) is 5.75 Å². The second-order valence-electron chi connectivity index (χ2n) is 4.23. The van der Waals surface area contributed by atoms with E-state index in [0.29, 0.717) is 24.7 Å². The lowest BCUT2D eigenvalue weighted by molar-refractivity contribution is -0.124. The van der Waals surface area contributed by atoms with Gasteiger partial charge in [-0.15, -0.1) is 0 Å². The van der Waals surface area contributed by atoms with E-state index in [-0.39, 0.29) is 0 Å². The van der Waals surface area contributed by atoms with Crippen molar-refractivity contribution in [1.29, 1.82) is 0 Å². The topological polar surface area (TPSA) is 96.4 Å². The summed E-state index contributed by atoms with van der Waals surface area (Å²) < 4.78 is 5.55. The van der Waals surface area contributed by atoms with E-state index in [1.54, 1.807) is 6.20 Å². The fourth-order valence-electron chi connectivity index (χ4n) is 1.61. The van der Waals surface area contributed by atoms with Crippen LogP contribution in [0.4, 0.5) is 5.82 Å². The number of hydroxylamine groups is 1. The van der Waals surface area contributed by atoms with Crippen LogP contribution in [0, 0.1) is 0 Å². The molecule has 0 aliphatic rings. The molecule has 2 aromatic rings. The Morgan fingerprint density at radius 2 is 2.09 bits per heavy atom. The number of ether oxygens (including phenoxy) is 1. The van der Waals surface area contributed by atoms with Crippen molar-refractivity contribution >= 4 is 17.8 Å². The van der Waals surface area contributed by atoms with Gasteiger partial charge in [0, 0.05) is 6.08 Å². The van der Waals surface area contributed by atoms with Crippen molar-refractivity contribution in [3.8, 4) is 5.75 Å². The van der Waals surface area contributed by atoms with E-state index >= 15 is 0 Å². The van der Waals surface area contributed by atoms with Crippen molar-refractivity contribution in [1.82, 2.24) is 15.4 Å². The van der Waals surface area contributed by atoms with E-state index in [4.69, 9.17) is 9.94 Å². The Kier molecular flexibility index (Phi) is 5.89. The molecule has 114 valence electrons. The maximum Gasteiger partial charge on any atom is 0.267 e. The fraction of sp³-hybridized carbons (Fsp3) is 0.133. The molecule has 0 radical (unpaired) electrons. The van der Waals surface area contributed by atoms with Gasteiger partial charge in [0.05, 0.1) is 24.6 Å². The van der Waals surface area contributed by atoms with Crippen LogP contribution in [-0.2, 0) is 4.79 Å². The quantitative estimate of drug-likeness (QED) is 0.310. The molecular weight excluding hydrogens is 284 g/mol. The number of carbonyl (C=O) groups is 1. The molecule has 2 rings (SSSR count). The van der Waals surface area contributed by atoms with Crippen molar-refractivity contribution < 1.29 is 14.7 Å². The average molecular weight is 300 g/mol. The first-order chi connectivity index (χ1) is 10.8. The highest BCUT2D eigenvalue weighted by molar-refractivity contribution is 5.90. The van der Waals surface area contributed by atoms with Gasteiger partial charge in [0.2, 0.25) is 0 Å². The first kappa shape index (κ1) is 15.5. The fourth-order valence-corrected chi connectivity index (χ4v) is 1.61. The molecule has 0 spiro atoms. The number of nitrogens with one attached hydrogen (secondary N) is 2. The summed E-state index contributed by atoms with van der Waals surface area (Å²) >= 11 is 0. The molecule has 7 heteroatoms. The van der Waals surface area contributed by atoms with Crippen molar-refractivity contribution in [2.75, 3.05) is 18.5 Å². The van der Waals surface area contributed by atoms with Gasteiger partial charge >= 0.3 is 0 Å². The van der Waals surface area contributed by atoms with Crippen molar-refractivity contribution in [3.63, 3.8) is 0 Å². The van der Waals surface area contributed by atoms with E-state index in [2.05, 4.69) is 15.3 Å². The monoisotopic (exact) mass is 300 g/mol. The zero-order valence-corrected chi connectivity index (χ0v) is 11.8. The number of anilines is 1. The minimum absolute atomic E-state index is 0.485. The standard InChI is InChI=1S/C15H16N4O3/c20-15(19-21)7-6-12-10-16-11-14(18-12)17-8-9-22-13-4-2-1-3-5-13/h1-7,10-11,21H,8-9H2,(H,17,18)(H,19,20)/b7-6+. The summed E-state index contributed by atoms with van der Waals surface area (Å²) in [5, 5.41) is 11.5. The second-order valence-corrected chi connectivity index (χ2v) is 4.23. The lowest BCUT2D eigenvalue weighted by Crippen LogP contribution is -2.15. The third-order valence-electron chi connectivity index (χ3n) is 2.59. The largest absolute Gasteiger partial charge is 0.492 e. The van der Waals surface area contributed by atoms with Gasteiger partial charge in [0.15, 0.2) is 0 Å². The third kappa shape index (κ3) is 5.22. The molecule has 3 N–H and O–H groups in total. The van der Waals surface area contributed by atoms with Gasteiger partial charge < -0.3 is 10.1 Å². The summed E-state index contributed by atoms with van der Waals surface area (Å²) in [6, 6.07) is 9.52. The molecule has 1 aromatic carbocycles. The van der Waals surface area contributed by atoms with Gasteiger partial charge in [-0.25, -0.2) is 10.5 Å². The molecule has 0 aliphatic carbocycles. The number of rotatable bonds is 7. The summed E-state index contributed by atoms with van der Waals surface area (Å²) in [4.78, 5) is 19.1. The van der Waals surface area contributed by atoms with Crippen LogP contribution in [0.15, 0.2) is 48.8 Å². The Morgan fingerprint density at radius 3 is 2.86 bits per heavy atom. The predicted molar refractivity (Wildman–Crippen MR) is 81.4 cm³/mol. The summed E-state index contributed by atoms with van der Waals surface area (Å²) in [6.45, 7) is 1.05. The highest BCUT2D eigenvalue weighted by Gasteiger charge is 1.98. The Bertz CT molecular complexity index is 632. The van der Waals surface area contributed by atoms with Crippen molar-refractivity contribution in [3.05, 3.63) is 54.5 Å². The van der Waals surface area contributed by atoms with E-state index in [1.807, 2.05) is 30.3 Å². The van der Waals surface area contributed by atoms with Crippen LogP contribution in [0.3, 0.4) is 0 Å². The number of nitrogens with zero attached hydrogens (tertiary/aromatic N) is 2. The maximum absolute atomic E-state index is 10.9. The lowest BCUT2D eigenvalue weighted by atomic mass is 10.3. The zero-order chi connectivity index (χ0) is 15.6. The molecule has 22 heavy (non-hydrogen) atoms. The molecule has 0 unspecified atom stereocenters. The Labute approximate surface area is 127 Å². The van der Waals surface area contributed by atoms with Crippen LogP contribution >= 0.6 is 0 Å². The molecule has 0 saturated heterocycles. The molecular formula is C15H16N4O3. The van der Waals surface area contributed by atoms with Crippen LogP contribution in [0.2, 0.25) is 0 Å². The van der Waals surface area contributed by atoms with Crippen LogP contribution in [0.1, 0.15) is 5.69 Å². The number of hydrogen-bond donors (Lipinski definition) is 3. The lowest BCUT2D eigenvalue weighted by Gasteiger charge is -2.08. The van der Waals surface area contributed by atoms with Gasteiger partial charge in [-0.3, -0.25) is 15.0 Å². The number of benzene rings is 1. The normalized spacial score (nSPS) is 10.4. The molecule has 0 saturated carbocycles. The second kappa shape index (κ2) is 8.38. The first-order valence-electron chi connectivity index (χ1n) is 6.64. The molecule has 0 aliphatic heterocycles. The minimum Gasteiger partial charge on any atom is -0.492 e. The van der Waals surface area contributed by atoms with Crippen molar-refractivity contribution in [2.45, 2.75) is 0 Å². The smallest absolute Gasteiger partial charge is 0.267 e. The summed E-state index contributed by atoms with van der Waals surface area (Å²) in [5.74, 6) is 0.752. The van der Waals surface area contributed by atoms with Crippen LogP contribution < -0.4 is 15.5 Å². The predicted octanol–water partition coefficient (Wildman–Crippen LogP) is 1.49. The number of hydrogen-bond acceptors (Lipinski definition) is 6. The maximum atomic E-state index is 10.9. The summed E-state index contributed by atoms with van der Waals surface area (Å²) in [7, 11) is 0. The van der Waals surface area contributed by atoms with E-state index in [9.17, 15) is 4.79 Å². The summed E-state index contributed by atoms with van der Waals surface area (Å²) in [5.41, 5.74) is 2.00. The van der Waals surface area contributed by atoms with E-state index in [1.165, 1.54) is 17.8 Å². The number of amides is 1.